The van der Waals surface area contributed by atoms with E-state index in [1.807, 2.05) is 13.0 Å². The van der Waals surface area contributed by atoms with Gasteiger partial charge in [-0.05, 0) is 57.8 Å². The minimum atomic E-state index is -0.453. The number of aryl methyl sites for hydroxylation is 1. The molecule has 1 saturated carbocycles. The van der Waals surface area contributed by atoms with Gasteiger partial charge in [0, 0.05) is 25.0 Å². The zero-order chi connectivity index (χ0) is 15.7. The normalized spacial score (nSPS) is 29.0. The number of pyridine rings is 1. The molecule has 1 aromatic heterocycles. The Hall–Kier alpha value is -1.46. The summed E-state index contributed by atoms with van der Waals surface area (Å²) in [5.41, 5.74) is 1.49. The van der Waals surface area contributed by atoms with Gasteiger partial charge in [0.05, 0.1) is 17.7 Å². The van der Waals surface area contributed by atoms with Gasteiger partial charge in [-0.25, -0.2) is 0 Å². The number of hydrogen-bond donors (Lipinski definition) is 1. The molecule has 3 atom stereocenters. The summed E-state index contributed by atoms with van der Waals surface area (Å²) in [5.74, 6) is -0.0568. The molecule has 2 aliphatic rings. The maximum Gasteiger partial charge on any atom is 0.255 e. The molecule has 2 heterocycles. The average Bonchev–Trinajstić information content (AvgIpc) is 3.16. The van der Waals surface area contributed by atoms with E-state index in [0.717, 1.165) is 31.6 Å². The molecule has 120 valence electrons. The molecule has 1 aliphatic carbocycles. The van der Waals surface area contributed by atoms with Crippen LogP contribution in [0, 0.1) is 6.92 Å². The van der Waals surface area contributed by atoms with Crippen LogP contribution in [-0.4, -0.2) is 64.1 Å². The predicted octanol–water partition coefficient (Wildman–Crippen LogP) is 1.45. The highest BCUT2D eigenvalue weighted by Gasteiger charge is 2.42. The fourth-order valence-electron chi connectivity index (χ4n) is 3.78. The first-order chi connectivity index (χ1) is 10.6. The standard InChI is InChI=1S/C17H25N3O2/c1-12-5-6-13(11-18-12)17(22)19(2)14-7-8-15(16(14)21)20-9-3-4-10-20/h5-6,11,14-16,21H,3-4,7-10H2,1-2H3/t14-,15-,16-/m1/s1. The summed E-state index contributed by atoms with van der Waals surface area (Å²) in [6.07, 6.45) is 5.44. The largest absolute Gasteiger partial charge is 0.389 e. The maximum atomic E-state index is 12.6. The number of amides is 1. The van der Waals surface area contributed by atoms with Gasteiger partial charge in [-0.1, -0.05) is 0 Å². The summed E-state index contributed by atoms with van der Waals surface area (Å²) >= 11 is 0. The summed E-state index contributed by atoms with van der Waals surface area (Å²) in [6.45, 7) is 4.06. The summed E-state index contributed by atoms with van der Waals surface area (Å²) < 4.78 is 0. The van der Waals surface area contributed by atoms with Crippen molar-refractivity contribution in [1.29, 1.82) is 0 Å². The summed E-state index contributed by atoms with van der Waals surface area (Å²) in [6, 6.07) is 3.76. The Morgan fingerprint density at radius 2 is 2.05 bits per heavy atom. The van der Waals surface area contributed by atoms with Crippen LogP contribution >= 0.6 is 0 Å². The second-order valence-corrected chi connectivity index (χ2v) is 6.55. The van der Waals surface area contributed by atoms with E-state index in [1.165, 1.54) is 12.8 Å². The third kappa shape index (κ3) is 2.88. The van der Waals surface area contributed by atoms with Crippen molar-refractivity contribution < 1.29 is 9.90 Å². The molecule has 2 fully saturated rings. The van der Waals surface area contributed by atoms with E-state index in [9.17, 15) is 9.90 Å². The quantitative estimate of drug-likeness (QED) is 0.918. The van der Waals surface area contributed by atoms with Crippen LogP contribution in [-0.2, 0) is 0 Å². The number of carbonyl (C=O) groups excluding carboxylic acids is 1. The van der Waals surface area contributed by atoms with E-state index >= 15 is 0 Å². The van der Waals surface area contributed by atoms with Crippen LogP contribution in [0.5, 0.6) is 0 Å². The molecule has 1 aliphatic heterocycles. The van der Waals surface area contributed by atoms with E-state index in [4.69, 9.17) is 0 Å². The van der Waals surface area contributed by atoms with E-state index in [1.54, 1.807) is 24.2 Å². The van der Waals surface area contributed by atoms with E-state index in [-0.39, 0.29) is 18.0 Å². The lowest BCUT2D eigenvalue weighted by Gasteiger charge is -2.32. The first kappa shape index (κ1) is 15.4. The zero-order valence-electron chi connectivity index (χ0n) is 13.4. The van der Waals surface area contributed by atoms with Gasteiger partial charge >= 0.3 is 0 Å². The maximum absolute atomic E-state index is 12.6. The Labute approximate surface area is 131 Å². The molecule has 0 radical (unpaired) electrons. The SMILES string of the molecule is Cc1ccc(C(=O)N(C)[C@@H]2CC[C@@H](N3CCCC3)[C@@H]2O)cn1. The van der Waals surface area contributed by atoms with E-state index in [2.05, 4.69) is 9.88 Å². The van der Waals surface area contributed by atoms with Gasteiger partial charge in [-0.15, -0.1) is 0 Å². The molecule has 1 amide bonds. The van der Waals surface area contributed by atoms with E-state index < -0.39 is 6.10 Å². The molecular weight excluding hydrogens is 278 g/mol. The van der Waals surface area contributed by atoms with Crippen molar-refractivity contribution in [2.24, 2.45) is 0 Å². The highest BCUT2D eigenvalue weighted by molar-refractivity contribution is 5.94. The molecule has 0 spiro atoms. The minimum absolute atomic E-state index is 0.0568. The Morgan fingerprint density at radius 3 is 2.68 bits per heavy atom. The van der Waals surface area contributed by atoms with Crippen LogP contribution in [0.15, 0.2) is 18.3 Å². The van der Waals surface area contributed by atoms with Crippen LogP contribution in [0.3, 0.4) is 0 Å². The third-order valence-corrected chi connectivity index (χ3v) is 5.13. The molecule has 3 rings (SSSR count). The molecule has 1 aromatic rings. The van der Waals surface area contributed by atoms with Crippen molar-refractivity contribution in [2.75, 3.05) is 20.1 Å². The number of aliphatic hydroxyl groups excluding tert-OH is 1. The van der Waals surface area contributed by atoms with Crippen molar-refractivity contribution in [3.63, 3.8) is 0 Å². The number of rotatable bonds is 3. The van der Waals surface area contributed by atoms with Crippen molar-refractivity contribution in [3.8, 4) is 0 Å². The smallest absolute Gasteiger partial charge is 0.255 e. The van der Waals surface area contributed by atoms with Gasteiger partial charge in [-0.2, -0.15) is 0 Å². The molecule has 5 nitrogen and oxygen atoms in total. The predicted molar refractivity (Wildman–Crippen MR) is 84.7 cm³/mol. The minimum Gasteiger partial charge on any atom is -0.389 e. The lowest BCUT2D eigenvalue weighted by molar-refractivity contribution is 0.0296. The highest BCUT2D eigenvalue weighted by Crippen LogP contribution is 2.30. The number of likely N-dealkylation sites (N-methyl/N-ethyl adjacent to an activating group) is 1. The van der Waals surface area contributed by atoms with Gasteiger partial charge in [0.15, 0.2) is 0 Å². The molecule has 1 saturated heterocycles. The molecule has 0 aromatic carbocycles. The molecule has 22 heavy (non-hydrogen) atoms. The van der Waals surface area contributed by atoms with Crippen LogP contribution < -0.4 is 0 Å². The van der Waals surface area contributed by atoms with E-state index in [0.29, 0.717) is 5.56 Å². The second-order valence-electron chi connectivity index (χ2n) is 6.55. The highest BCUT2D eigenvalue weighted by atomic mass is 16.3. The second kappa shape index (κ2) is 6.34. The number of aliphatic hydroxyl groups is 1. The first-order valence-electron chi connectivity index (χ1n) is 8.20. The monoisotopic (exact) mass is 303 g/mol. The molecule has 0 bridgehead atoms. The molecular formula is C17H25N3O2. The number of likely N-dealkylation sites (tertiary alicyclic amines) is 1. The van der Waals surface area contributed by atoms with Gasteiger partial charge in [-0.3, -0.25) is 14.7 Å². The fraction of sp³-hybridized carbons (Fsp3) is 0.647. The van der Waals surface area contributed by atoms with Crippen LogP contribution in [0.2, 0.25) is 0 Å². The number of carbonyl (C=O) groups is 1. The fourth-order valence-corrected chi connectivity index (χ4v) is 3.78. The topological polar surface area (TPSA) is 56.7 Å². The van der Waals surface area contributed by atoms with Gasteiger partial charge in [0.2, 0.25) is 0 Å². The Balaban J connectivity index is 1.68. The summed E-state index contributed by atoms with van der Waals surface area (Å²) in [5, 5.41) is 10.7. The van der Waals surface area contributed by atoms with Crippen LogP contribution in [0.25, 0.3) is 0 Å². The molecule has 1 N–H and O–H groups in total. The van der Waals surface area contributed by atoms with Gasteiger partial charge in [0.1, 0.15) is 0 Å². The Morgan fingerprint density at radius 1 is 1.32 bits per heavy atom. The summed E-state index contributed by atoms with van der Waals surface area (Å²) in [7, 11) is 1.79. The lowest BCUT2D eigenvalue weighted by Crippen LogP contribution is -2.48. The van der Waals surface area contributed by atoms with Crippen LogP contribution in [0.4, 0.5) is 0 Å². The summed E-state index contributed by atoms with van der Waals surface area (Å²) in [4.78, 5) is 20.9. The lowest BCUT2D eigenvalue weighted by atomic mass is 10.1. The Bertz CT molecular complexity index is 525. The van der Waals surface area contributed by atoms with Gasteiger partial charge in [0.25, 0.3) is 5.91 Å². The number of aromatic nitrogens is 1. The number of hydrogen-bond acceptors (Lipinski definition) is 4. The third-order valence-electron chi connectivity index (χ3n) is 5.13. The van der Waals surface area contributed by atoms with Crippen molar-refractivity contribution in [3.05, 3.63) is 29.6 Å². The molecule has 5 heteroatoms. The van der Waals surface area contributed by atoms with Crippen molar-refractivity contribution >= 4 is 5.91 Å². The number of nitrogens with zero attached hydrogens (tertiary/aromatic N) is 3. The van der Waals surface area contributed by atoms with Crippen LogP contribution in [0.1, 0.15) is 41.7 Å². The van der Waals surface area contributed by atoms with Gasteiger partial charge < -0.3 is 10.0 Å². The first-order valence-corrected chi connectivity index (χ1v) is 8.20. The van der Waals surface area contributed by atoms with Crippen molar-refractivity contribution in [2.45, 2.75) is 50.8 Å². The molecule has 0 unspecified atom stereocenters. The zero-order valence-corrected chi connectivity index (χ0v) is 13.4. The average molecular weight is 303 g/mol. The van der Waals surface area contributed by atoms with Crippen molar-refractivity contribution in [1.82, 2.24) is 14.8 Å². The Kier molecular flexibility index (Phi) is 4.45.